The predicted molar refractivity (Wildman–Crippen MR) is 82.0 cm³/mol. The number of aryl methyl sites for hydroxylation is 2. The van der Waals surface area contributed by atoms with Gasteiger partial charge in [-0.15, -0.1) is 0 Å². The van der Waals surface area contributed by atoms with Crippen molar-refractivity contribution in [2.45, 2.75) is 70.6 Å². The molecule has 1 aromatic heterocycles. The number of rotatable bonds is 5. The van der Waals surface area contributed by atoms with Gasteiger partial charge in [0.15, 0.2) is 0 Å². The molecule has 2 heterocycles. The minimum Gasteiger partial charge on any atom is -0.378 e. The van der Waals surface area contributed by atoms with E-state index in [0.29, 0.717) is 12.1 Å². The van der Waals surface area contributed by atoms with Gasteiger partial charge < -0.3 is 14.6 Å². The van der Waals surface area contributed by atoms with Gasteiger partial charge in [-0.3, -0.25) is 0 Å². The Morgan fingerprint density at radius 1 is 1.25 bits per heavy atom. The maximum Gasteiger partial charge on any atom is 0.0593 e. The first-order valence-corrected chi connectivity index (χ1v) is 8.40. The SMILES string of the molecule is CCNC1CCCCc2cn(CCC3CCCO3)cc21. The van der Waals surface area contributed by atoms with Crippen LogP contribution in [0.2, 0.25) is 0 Å². The minimum absolute atomic E-state index is 0.502. The van der Waals surface area contributed by atoms with E-state index in [1.54, 1.807) is 11.1 Å². The molecule has 0 bridgehead atoms. The highest BCUT2D eigenvalue weighted by Gasteiger charge is 2.20. The van der Waals surface area contributed by atoms with Gasteiger partial charge in [0.25, 0.3) is 0 Å². The molecule has 1 aromatic rings. The van der Waals surface area contributed by atoms with Gasteiger partial charge in [0.05, 0.1) is 6.10 Å². The van der Waals surface area contributed by atoms with Gasteiger partial charge >= 0.3 is 0 Å². The fraction of sp³-hybridized carbons (Fsp3) is 0.765. The number of hydrogen-bond donors (Lipinski definition) is 1. The smallest absolute Gasteiger partial charge is 0.0593 e. The van der Waals surface area contributed by atoms with Crippen molar-refractivity contribution in [2.75, 3.05) is 13.2 Å². The molecule has 1 aliphatic carbocycles. The predicted octanol–water partition coefficient (Wildman–Crippen LogP) is 3.43. The van der Waals surface area contributed by atoms with Crippen molar-refractivity contribution in [1.82, 2.24) is 9.88 Å². The van der Waals surface area contributed by atoms with E-state index in [4.69, 9.17) is 4.74 Å². The topological polar surface area (TPSA) is 26.2 Å². The Morgan fingerprint density at radius 3 is 3.00 bits per heavy atom. The summed E-state index contributed by atoms with van der Waals surface area (Å²) in [5, 5.41) is 3.65. The van der Waals surface area contributed by atoms with Crippen molar-refractivity contribution in [3.63, 3.8) is 0 Å². The molecule has 1 saturated heterocycles. The Kier molecular flexibility index (Phi) is 4.79. The summed E-state index contributed by atoms with van der Waals surface area (Å²) in [7, 11) is 0. The number of fused-ring (bicyclic) bond motifs is 1. The zero-order valence-corrected chi connectivity index (χ0v) is 12.7. The van der Waals surface area contributed by atoms with Crippen LogP contribution >= 0.6 is 0 Å². The zero-order valence-electron chi connectivity index (χ0n) is 12.7. The molecule has 2 unspecified atom stereocenters. The van der Waals surface area contributed by atoms with Crippen LogP contribution in [0, 0.1) is 0 Å². The second-order valence-corrected chi connectivity index (χ2v) is 6.26. The van der Waals surface area contributed by atoms with E-state index < -0.39 is 0 Å². The molecule has 0 radical (unpaired) electrons. The molecule has 112 valence electrons. The maximum atomic E-state index is 5.73. The van der Waals surface area contributed by atoms with Crippen LogP contribution < -0.4 is 5.32 Å². The summed E-state index contributed by atoms with van der Waals surface area (Å²) in [4.78, 5) is 0. The standard InChI is InChI=1S/C17H28N2O/c1-2-18-17-8-4-3-6-14-12-19(13-16(14)17)10-9-15-7-5-11-20-15/h12-13,15,17-18H,2-11H2,1H3. The second-order valence-electron chi connectivity index (χ2n) is 6.26. The molecule has 3 rings (SSSR count). The van der Waals surface area contributed by atoms with Crippen molar-refractivity contribution in [3.05, 3.63) is 23.5 Å². The summed E-state index contributed by atoms with van der Waals surface area (Å²) in [5.41, 5.74) is 3.12. The summed E-state index contributed by atoms with van der Waals surface area (Å²) in [6, 6.07) is 0.571. The third-order valence-electron chi connectivity index (χ3n) is 4.75. The number of nitrogens with one attached hydrogen (secondary N) is 1. The summed E-state index contributed by atoms with van der Waals surface area (Å²) >= 11 is 0. The lowest BCUT2D eigenvalue weighted by Crippen LogP contribution is -2.20. The molecule has 0 aromatic carbocycles. The zero-order chi connectivity index (χ0) is 13.8. The third kappa shape index (κ3) is 3.26. The number of aromatic nitrogens is 1. The Hall–Kier alpha value is -0.800. The first kappa shape index (κ1) is 14.2. The Morgan fingerprint density at radius 2 is 2.20 bits per heavy atom. The monoisotopic (exact) mass is 276 g/mol. The molecule has 1 fully saturated rings. The lowest BCUT2D eigenvalue weighted by Gasteiger charge is -2.15. The molecule has 3 heteroatoms. The van der Waals surface area contributed by atoms with Gasteiger partial charge in [0.1, 0.15) is 0 Å². The highest BCUT2D eigenvalue weighted by atomic mass is 16.5. The lowest BCUT2D eigenvalue weighted by molar-refractivity contribution is 0.100. The molecule has 0 saturated carbocycles. The van der Waals surface area contributed by atoms with Gasteiger partial charge in [-0.2, -0.15) is 0 Å². The fourth-order valence-corrected chi connectivity index (χ4v) is 3.67. The Bertz CT molecular complexity index is 421. The fourth-order valence-electron chi connectivity index (χ4n) is 3.67. The Labute approximate surface area is 122 Å². The highest BCUT2D eigenvalue weighted by Crippen LogP contribution is 2.29. The molecule has 1 N–H and O–H groups in total. The van der Waals surface area contributed by atoms with Gasteiger partial charge in [0, 0.05) is 31.6 Å². The molecule has 2 aliphatic rings. The quantitative estimate of drug-likeness (QED) is 0.834. The van der Waals surface area contributed by atoms with E-state index in [1.165, 1.54) is 44.9 Å². The highest BCUT2D eigenvalue weighted by molar-refractivity contribution is 5.29. The van der Waals surface area contributed by atoms with E-state index in [9.17, 15) is 0 Å². The van der Waals surface area contributed by atoms with E-state index >= 15 is 0 Å². The van der Waals surface area contributed by atoms with E-state index in [0.717, 1.165) is 19.7 Å². The van der Waals surface area contributed by atoms with E-state index in [-0.39, 0.29) is 0 Å². The van der Waals surface area contributed by atoms with Crippen molar-refractivity contribution in [1.29, 1.82) is 0 Å². The van der Waals surface area contributed by atoms with Crippen LogP contribution in [0.1, 0.15) is 62.6 Å². The Balaban J connectivity index is 1.66. The van der Waals surface area contributed by atoms with E-state index in [2.05, 4.69) is 29.2 Å². The largest absolute Gasteiger partial charge is 0.378 e. The van der Waals surface area contributed by atoms with Crippen LogP contribution in [0.25, 0.3) is 0 Å². The van der Waals surface area contributed by atoms with Crippen LogP contribution in [-0.2, 0) is 17.7 Å². The molecule has 20 heavy (non-hydrogen) atoms. The maximum absolute atomic E-state index is 5.73. The summed E-state index contributed by atoms with van der Waals surface area (Å²) in [5.74, 6) is 0. The van der Waals surface area contributed by atoms with Gasteiger partial charge in [-0.05, 0) is 56.2 Å². The molecule has 1 aliphatic heterocycles. The van der Waals surface area contributed by atoms with Crippen LogP contribution in [0.3, 0.4) is 0 Å². The number of hydrogen-bond acceptors (Lipinski definition) is 2. The van der Waals surface area contributed by atoms with E-state index in [1.807, 2.05) is 0 Å². The average Bonchev–Trinajstić information content (AvgIpc) is 3.06. The summed E-state index contributed by atoms with van der Waals surface area (Å²) in [6.45, 7) is 5.34. The van der Waals surface area contributed by atoms with Crippen molar-refractivity contribution >= 4 is 0 Å². The van der Waals surface area contributed by atoms with Crippen molar-refractivity contribution in [2.24, 2.45) is 0 Å². The normalized spacial score (nSPS) is 26.4. The van der Waals surface area contributed by atoms with Gasteiger partial charge in [-0.1, -0.05) is 13.3 Å². The molecule has 0 amide bonds. The third-order valence-corrected chi connectivity index (χ3v) is 4.75. The average molecular weight is 276 g/mol. The first-order valence-electron chi connectivity index (χ1n) is 8.40. The van der Waals surface area contributed by atoms with Crippen LogP contribution in [0.5, 0.6) is 0 Å². The number of nitrogens with zero attached hydrogens (tertiary/aromatic N) is 1. The minimum atomic E-state index is 0.502. The second kappa shape index (κ2) is 6.77. The van der Waals surface area contributed by atoms with Crippen LogP contribution in [0.4, 0.5) is 0 Å². The number of ether oxygens (including phenoxy) is 1. The molecular formula is C17H28N2O. The molecule has 2 atom stereocenters. The molecular weight excluding hydrogens is 248 g/mol. The van der Waals surface area contributed by atoms with Gasteiger partial charge in [0.2, 0.25) is 0 Å². The summed E-state index contributed by atoms with van der Waals surface area (Å²) in [6.07, 6.45) is 14.2. The lowest BCUT2D eigenvalue weighted by atomic mass is 10.0. The molecule has 0 spiro atoms. The van der Waals surface area contributed by atoms with Crippen LogP contribution in [-0.4, -0.2) is 23.8 Å². The van der Waals surface area contributed by atoms with Crippen molar-refractivity contribution in [3.8, 4) is 0 Å². The van der Waals surface area contributed by atoms with Gasteiger partial charge in [-0.25, -0.2) is 0 Å². The summed E-state index contributed by atoms with van der Waals surface area (Å²) < 4.78 is 8.14. The van der Waals surface area contributed by atoms with Crippen LogP contribution in [0.15, 0.2) is 12.4 Å². The first-order chi connectivity index (χ1) is 9.86. The van der Waals surface area contributed by atoms with Crippen molar-refractivity contribution < 1.29 is 4.74 Å². The molecule has 3 nitrogen and oxygen atoms in total.